The molecule has 1 N–H and O–H groups in total. The lowest BCUT2D eigenvalue weighted by Gasteiger charge is -2.22. The van der Waals surface area contributed by atoms with Gasteiger partial charge in [0.05, 0.1) is 23.4 Å². The van der Waals surface area contributed by atoms with Gasteiger partial charge in [-0.1, -0.05) is 55.1 Å². The summed E-state index contributed by atoms with van der Waals surface area (Å²) in [5.41, 5.74) is 3.34. The van der Waals surface area contributed by atoms with E-state index in [2.05, 4.69) is 14.8 Å². The Kier molecular flexibility index (Phi) is 7.04. The molecule has 9 heteroatoms. The molecule has 5 rings (SSSR count). The Labute approximate surface area is 210 Å². The van der Waals surface area contributed by atoms with E-state index in [1.165, 1.54) is 6.42 Å². The van der Waals surface area contributed by atoms with E-state index < -0.39 is 10.0 Å². The van der Waals surface area contributed by atoms with Gasteiger partial charge in [0.25, 0.3) is 0 Å². The molecule has 0 amide bonds. The molecule has 0 bridgehead atoms. The Hall–Kier alpha value is -2.94. The van der Waals surface area contributed by atoms with E-state index in [0.29, 0.717) is 29.6 Å². The van der Waals surface area contributed by atoms with E-state index in [0.717, 1.165) is 42.5 Å². The van der Waals surface area contributed by atoms with Crippen LogP contribution in [-0.4, -0.2) is 35.7 Å². The van der Waals surface area contributed by atoms with Gasteiger partial charge in [-0.2, -0.15) is 0 Å². The first-order chi connectivity index (χ1) is 17.0. The van der Waals surface area contributed by atoms with Crippen molar-refractivity contribution in [3.8, 4) is 17.1 Å². The van der Waals surface area contributed by atoms with Gasteiger partial charge in [0, 0.05) is 29.1 Å². The van der Waals surface area contributed by atoms with Crippen LogP contribution in [0.1, 0.15) is 37.7 Å². The number of hydrogen-bond acceptors (Lipinski definition) is 5. The van der Waals surface area contributed by atoms with E-state index >= 15 is 0 Å². The number of rotatable bonds is 8. The van der Waals surface area contributed by atoms with Crippen LogP contribution in [0, 0.1) is 0 Å². The number of sulfonamides is 1. The highest BCUT2D eigenvalue weighted by molar-refractivity contribution is 7.89. The number of halogens is 1. The maximum absolute atomic E-state index is 12.8. The van der Waals surface area contributed by atoms with Crippen molar-refractivity contribution in [2.75, 3.05) is 6.61 Å². The number of nitrogens with one attached hydrogen (secondary N) is 1. The van der Waals surface area contributed by atoms with Crippen LogP contribution in [0.3, 0.4) is 0 Å². The zero-order chi connectivity index (χ0) is 24.3. The summed E-state index contributed by atoms with van der Waals surface area (Å²) in [6, 6.07) is 18.2. The second-order valence-electron chi connectivity index (χ2n) is 8.79. The minimum Gasteiger partial charge on any atom is -0.476 e. The topological polar surface area (TPSA) is 85.6 Å². The van der Waals surface area contributed by atoms with E-state index in [-0.39, 0.29) is 10.9 Å². The molecule has 182 valence electrons. The molecule has 1 aliphatic rings. The van der Waals surface area contributed by atoms with Crippen molar-refractivity contribution in [2.24, 2.45) is 0 Å². The lowest BCUT2D eigenvalue weighted by atomic mass is 9.96. The number of benzene rings is 2. The summed E-state index contributed by atoms with van der Waals surface area (Å²) in [5.74, 6) is 0.481. The first kappa shape index (κ1) is 23.8. The molecule has 1 saturated carbocycles. The molecule has 1 aliphatic carbocycles. The average Bonchev–Trinajstić information content (AvgIpc) is 3.28. The Morgan fingerprint density at radius 2 is 1.83 bits per heavy atom. The van der Waals surface area contributed by atoms with Crippen molar-refractivity contribution in [1.82, 2.24) is 19.3 Å². The molecule has 0 aliphatic heterocycles. The number of fused-ring (bicyclic) bond motifs is 1. The molecule has 0 atom stereocenters. The third-order valence-electron chi connectivity index (χ3n) is 6.25. The molecule has 0 radical (unpaired) electrons. The SMILES string of the molecule is O=S(=O)(NC1CCCCC1)c1ccc(-c2cnc3ccc(OCCc4cccc(Cl)c4)nn23)cc1. The highest BCUT2D eigenvalue weighted by Gasteiger charge is 2.22. The van der Waals surface area contributed by atoms with Crippen LogP contribution in [0.15, 0.2) is 71.8 Å². The highest BCUT2D eigenvalue weighted by atomic mass is 35.5. The van der Waals surface area contributed by atoms with Crippen molar-refractivity contribution >= 4 is 27.3 Å². The summed E-state index contributed by atoms with van der Waals surface area (Å²) < 4.78 is 36.1. The van der Waals surface area contributed by atoms with Gasteiger partial charge in [-0.25, -0.2) is 22.6 Å². The zero-order valence-corrected chi connectivity index (χ0v) is 20.8. The van der Waals surface area contributed by atoms with Crippen LogP contribution < -0.4 is 9.46 Å². The maximum atomic E-state index is 12.8. The van der Waals surface area contributed by atoms with Gasteiger partial charge in [-0.3, -0.25) is 0 Å². The second-order valence-corrected chi connectivity index (χ2v) is 10.9. The first-order valence-electron chi connectivity index (χ1n) is 11.8. The fourth-order valence-electron chi connectivity index (χ4n) is 4.41. The molecule has 4 aromatic rings. The largest absolute Gasteiger partial charge is 0.476 e. The molecule has 0 unspecified atom stereocenters. The molecule has 2 aromatic carbocycles. The molecular formula is C26H27ClN4O3S. The molecule has 7 nitrogen and oxygen atoms in total. The smallest absolute Gasteiger partial charge is 0.240 e. The molecule has 2 aromatic heterocycles. The normalized spacial score (nSPS) is 14.9. The monoisotopic (exact) mass is 510 g/mol. The Morgan fingerprint density at radius 3 is 2.60 bits per heavy atom. The second kappa shape index (κ2) is 10.4. The van der Waals surface area contributed by atoms with Crippen molar-refractivity contribution in [1.29, 1.82) is 0 Å². The molecule has 35 heavy (non-hydrogen) atoms. The Balaban J connectivity index is 1.30. The van der Waals surface area contributed by atoms with Crippen molar-refractivity contribution < 1.29 is 13.2 Å². The van der Waals surface area contributed by atoms with E-state index in [1.54, 1.807) is 41.0 Å². The summed E-state index contributed by atoms with van der Waals surface area (Å²) in [7, 11) is -3.55. The summed E-state index contributed by atoms with van der Waals surface area (Å²) >= 11 is 6.05. The number of aromatic nitrogens is 3. The standard InChI is InChI=1S/C26H27ClN4O3S/c27-21-6-4-5-19(17-21)15-16-34-26-14-13-25-28-18-24(31(25)29-26)20-9-11-23(12-10-20)35(32,33)30-22-7-2-1-3-8-22/h4-6,9-14,17-18,22,30H,1-3,7-8,15-16H2. The lowest BCUT2D eigenvalue weighted by Crippen LogP contribution is -2.36. The number of hydrogen-bond donors (Lipinski definition) is 1. The summed E-state index contributed by atoms with van der Waals surface area (Å²) in [5, 5.41) is 5.29. The number of ether oxygens (including phenoxy) is 1. The Bertz CT molecular complexity index is 1410. The third kappa shape index (κ3) is 5.66. The van der Waals surface area contributed by atoms with Gasteiger partial charge in [0.15, 0.2) is 5.65 Å². The minimum atomic E-state index is -3.55. The quantitative estimate of drug-likeness (QED) is 0.348. The van der Waals surface area contributed by atoms with Gasteiger partial charge < -0.3 is 4.74 Å². The maximum Gasteiger partial charge on any atom is 0.240 e. The summed E-state index contributed by atoms with van der Waals surface area (Å²) in [4.78, 5) is 4.68. The van der Waals surface area contributed by atoms with Crippen LogP contribution in [0.25, 0.3) is 16.9 Å². The van der Waals surface area contributed by atoms with Crippen LogP contribution in [0.2, 0.25) is 5.02 Å². The molecule has 0 saturated heterocycles. The zero-order valence-electron chi connectivity index (χ0n) is 19.2. The molecular weight excluding hydrogens is 484 g/mol. The third-order valence-corrected chi connectivity index (χ3v) is 8.03. The lowest BCUT2D eigenvalue weighted by molar-refractivity contribution is 0.305. The van der Waals surface area contributed by atoms with Gasteiger partial charge in [-0.15, -0.1) is 5.10 Å². The summed E-state index contributed by atoms with van der Waals surface area (Å²) in [6.07, 6.45) is 7.54. The van der Waals surface area contributed by atoms with E-state index in [9.17, 15) is 8.42 Å². The fourth-order valence-corrected chi connectivity index (χ4v) is 5.93. The molecule has 1 fully saturated rings. The number of imidazole rings is 1. The van der Waals surface area contributed by atoms with Crippen LogP contribution >= 0.6 is 11.6 Å². The molecule has 0 spiro atoms. The highest BCUT2D eigenvalue weighted by Crippen LogP contribution is 2.24. The predicted octanol–water partition coefficient (Wildman–Crippen LogP) is 5.28. The van der Waals surface area contributed by atoms with Crippen molar-refractivity contribution in [3.63, 3.8) is 0 Å². The minimum absolute atomic E-state index is 0.0219. The van der Waals surface area contributed by atoms with Gasteiger partial charge in [-0.05, 0) is 48.7 Å². The van der Waals surface area contributed by atoms with Gasteiger partial charge in [0.2, 0.25) is 15.9 Å². The van der Waals surface area contributed by atoms with Crippen molar-refractivity contribution in [2.45, 2.75) is 49.5 Å². The van der Waals surface area contributed by atoms with E-state index in [1.807, 2.05) is 30.3 Å². The van der Waals surface area contributed by atoms with Gasteiger partial charge >= 0.3 is 0 Å². The number of nitrogens with zero attached hydrogens (tertiary/aromatic N) is 3. The molecule has 2 heterocycles. The van der Waals surface area contributed by atoms with Crippen LogP contribution in [-0.2, 0) is 16.4 Å². The van der Waals surface area contributed by atoms with Crippen LogP contribution in [0.5, 0.6) is 5.88 Å². The fraction of sp³-hybridized carbons (Fsp3) is 0.308. The van der Waals surface area contributed by atoms with Gasteiger partial charge in [0.1, 0.15) is 0 Å². The van der Waals surface area contributed by atoms with Crippen LogP contribution in [0.4, 0.5) is 0 Å². The predicted molar refractivity (Wildman–Crippen MR) is 136 cm³/mol. The van der Waals surface area contributed by atoms with E-state index in [4.69, 9.17) is 16.3 Å². The first-order valence-corrected chi connectivity index (χ1v) is 13.7. The van der Waals surface area contributed by atoms with Crippen molar-refractivity contribution in [3.05, 3.63) is 77.4 Å². The Morgan fingerprint density at radius 1 is 1.03 bits per heavy atom. The summed E-state index contributed by atoms with van der Waals surface area (Å²) in [6.45, 7) is 0.462. The average molecular weight is 511 g/mol.